The van der Waals surface area contributed by atoms with E-state index in [1.807, 2.05) is 0 Å². The predicted octanol–water partition coefficient (Wildman–Crippen LogP) is 1.84. The molecule has 2 aromatic heterocycles. The molecule has 0 aliphatic carbocycles. The van der Waals surface area contributed by atoms with Crippen molar-refractivity contribution in [3.63, 3.8) is 0 Å². The molecule has 6 nitrogen and oxygen atoms in total. The highest BCUT2D eigenvalue weighted by molar-refractivity contribution is 5.98. The van der Waals surface area contributed by atoms with Crippen molar-refractivity contribution in [2.75, 3.05) is 13.1 Å². The summed E-state index contributed by atoms with van der Waals surface area (Å²) in [5, 5.41) is 2.72. The molecule has 22 heavy (non-hydrogen) atoms. The van der Waals surface area contributed by atoms with Gasteiger partial charge in [0, 0.05) is 24.8 Å². The first-order chi connectivity index (χ1) is 10.7. The van der Waals surface area contributed by atoms with Gasteiger partial charge < -0.3 is 14.6 Å². The Kier molecular flexibility index (Phi) is 4.18. The van der Waals surface area contributed by atoms with Crippen LogP contribution in [0.3, 0.4) is 0 Å². The molecular formula is C16H17N3O3. The van der Waals surface area contributed by atoms with Crippen molar-refractivity contribution in [2.45, 2.75) is 19.4 Å². The molecule has 2 amide bonds. The summed E-state index contributed by atoms with van der Waals surface area (Å²) in [4.78, 5) is 30.3. The van der Waals surface area contributed by atoms with Crippen molar-refractivity contribution in [2.24, 2.45) is 0 Å². The molecule has 1 N–H and O–H groups in total. The fourth-order valence-electron chi connectivity index (χ4n) is 2.46. The molecule has 1 aliphatic heterocycles. The van der Waals surface area contributed by atoms with E-state index < -0.39 is 0 Å². The number of hydrogen-bond donors (Lipinski definition) is 1. The van der Waals surface area contributed by atoms with Gasteiger partial charge in [-0.05, 0) is 37.1 Å². The summed E-state index contributed by atoms with van der Waals surface area (Å²) in [6.07, 6.45) is 5.11. The lowest BCUT2D eigenvalue weighted by molar-refractivity contribution is 0.0792. The second-order valence-electron chi connectivity index (χ2n) is 5.19. The molecule has 0 unspecified atom stereocenters. The molecule has 0 aromatic carbocycles. The van der Waals surface area contributed by atoms with Gasteiger partial charge in [0.2, 0.25) is 0 Å². The van der Waals surface area contributed by atoms with Crippen LogP contribution in [0, 0.1) is 0 Å². The monoisotopic (exact) mass is 299 g/mol. The van der Waals surface area contributed by atoms with Gasteiger partial charge in [0.1, 0.15) is 11.5 Å². The lowest BCUT2D eigenvalue weighted by Gasteiger charge is -2.15. The van der Waals surface area contributed by atoms with Gasteiger partial charge in [0.15, 0.2) is 0 Å². The van der Waals surface area contributed by atoms with Crippen molar-refractivity contribution in [3.8, 4) is 0 Å². The summed E-state index contributed by atoms with van der Waals surface area (Å²) in [7, 11) is 0. The van der Waals surface area contributed by atoms with Crippen LogP contribution >= 0.6 is 0 Å². The van der Waals surface area contributed by atoms with Crippen LogP contribution in [0.15, 0.2) is 41.1 Å². The number of furan rings is 1. The number of rotatable bonds is 4. The fourth-order valence-corrected chi connectivity index (χ4v) is 2.46. The molecule has 2 aromatic rings. The third kappa shape index (κ3) is 3.16. The van der Waals surface area contributed by atoms with Crippen LogP contribution in [0.25, 0.3) is 0 Å². The van der Waals surface area contributed by atoms with Crippen molar-refractivity contribution in [3.05, 3.63) is 53.7 Å². The Balaban J connectivity index is 1.67. The zero-order valence-electron chi connectivity index (χ0n) is 12.1. The standard InChI is InChI=1S/C16H17N3O3/c20-15(18-11-13-4-3-9-22-13)14-10-12(5-6-17-14)16(21)19-7-1-2-8-19/h3-6,9-10H,1-2,7-8,11H2,(H,18,20). The molecule has 0 radical (unpaired) electrons. The van der Waals surface area contributed by atoms with Crippen LogP contribution in [0.1, 0.15) is 39.4 Å². The van der Waals surface area contributed by atoms with E-state index in [4.69, 9.17) is 4.42 Å². The highest BCUT2D eigenvalue weighted by atomic mass is 16.3. The van der Waals surface area contributed by atoms with Crippen LogP contribution in [0.2, 0.25) is 0 Å². The van der Waals surface area contributed by atoms with Crippen molar-refractivity contribution < 1.29 is 14.0 Å². The lowest BCUT2D eigenvalue weighted by Crippen LogP contribution is -2.28. The van der Waals surface area contributed by atoms with Crippen LogP contribution in [0.5, 0.6) is 0 Å². The van der Waals surface area contributed by atoms with Crippen molar-refractivity contribution >= 4 is 11.8 Å². The quantitative estimate of drug-likeness (QED) is 0.934. The Hall–Kier alpha value is -2.63. The Labute approximate surface area is 128 Å². The minimum Gasteiger partial charge on any atom is -0.467 e. The highest BCUT2D eigenvalue weighted by Crippen LogP contribution is 2.13. The van der Waals surface area contributed by atoms with E-state index in [1.165, 1.54) is 12.3 Å². The summed E-state index contributed by atoms with van der Waals surface area (Å²) in [6.45, 7) is 1.85. The SMILES string of the molecule is O=C(NCc1ccco1)c1cc(C(=O)N2CCCC2)ccn1. The number of aromatic nitrogens is 1. The molecule has 3 heterocycles. The first-order valence-corrected chi connectivity index (χ1v) is 7.30. The number of hydrogen-bond acceptors (Lipinski definition) is 4. The van der Waals surface area contributed by atoms with Gasteiger partial charge in [0.05, 0.1) is 12.8 Å². The summed E-state index contributed by atoms with van der Waals surface area (Å²) in [6, 6.07) is 6.72. The maximum atomic E-state index is 12.3. The van der Waals surface area contributed by atoms with E-state index >= 15 is 0 Å². The third-order valence-corrected chi connectivity index (χ3v) is 3.64. The van der Waals surface area contributed by atoms with E-state index in [0.717, 1.165) is 25.9 Å². The molecular weight excluding hydrogens is 282 g/mol. The Morgan fingerprint density at radius 2 is 2.09 bits per heavy atom. The van der Waals surface area contributed by atoms with Gasteiger partial charge in [0.25, 0.3) is 11.8 Å². The molecule has 0 atom stereocenters. The minimum atomic E-state index is -0.326. The molecule has 0 bridgehead atoms. The van der Waals surface area contributed by atoms with E-state index in [9.17, 15) is 9.59 Å². The van der Waals surface area contributed by atoms with Crippen LogP contribution < -0.4 is 5.32 Å². The number of carbonyl (C=O) groups is 2. The molecule has 0 spiro atoms. The highest BCUT2D eigenvalue weighted by Gasteiger charge is 2.20. The molecule has 1 aliphatic rings. The van der Waals surface area contributed by atoms with Gasteiger partial charge in [-0.3, -0.25) is 14.6 Å². The number of pyridine rings is 1. The largest absolute Gasteiger partial charge is 0.467 e. The van der Waals surface area contributed by atoms with Gasteiger partial charge in [-0.25, -0.2) is 0 Å². The molecule has 1 fully saturated rings. The molecule has 3 rings (SSSR count). The Morgan fingerprint density at radius 1 is 1.27 bits per heavy atom. The summed E-state index contributed by atoms with van der Waals surface area (Å²) >= 11 is 0. The first-order valence-electron chi connectivity index (χ1n) is 7.30. The fraction of sp³-hybridized carbons (Fsp3) is 0.312. The summed E-state index contributed by atoms with van der Waals surface area (Å²) < 4.78 is 5.15. The smallest absolute Gasteiger partial charge is 0.270 e. The summed E-state index contributed by atoms with van der Waals surface area (Å²) in [5.74, 6) is 0.296. The zero-order valence-corrected chi connectivity index (χ0v) is 12.1. The van der Waals surface area contributed by atoms with Crippen LogP contribution in [-0.4, -0.2) is 34.8 Å². The minimum absolute atomic E-state index is 0.0417. The zero-order chi connectivity index (χ0) is 15.4. The maximum Gasteiger partial charge on any atom is 0.270 e. The second-order valence-corrected chi connectivity index (χ2v) is 5.19. The van der Waals surface area contributed by atoms with Crippen LogP contribution in [0.4, 0.5) is 0 Å². The predicted molar refractivity (Wildman–Crippen MR) is 79.3 cm³/mol. The Morgan fingerprint density at radius 3 is 2.82 bits per heavy atom. The molecule has 114 valence electrons. The average Bonchev–Trinajstić information content (AvgIpc) is 3.25. The number of nitrogens with zero attached hydrogens (tertiary/aromatic N) is 2. The molecule has 0 saturated carbocycles. The maximum absolute atomic E-state index is 12.3. The normalized spacial score (nSPS) is 14.1. The van der Waals surface area contributed by atoms with E-state index in [1.54, 1.807) is 29.4 Å². The number of carbonyl (C=O) groups excluding carboxylic acids is 2. The summed E-state index contributed by atoms with van der Waals surface area (Å²) in [5.41, 5.74) is 0.733. The van der Waals surface area contributed by atoms with E-state index in [0.29, 0.717) is 11.3 Å². The van der Waals surface area contributed by atoms with Crippen molar-refractivity contribution in [1.82, 2.24) is 15.2 Å². The second kappa shape index (κ2) is 6.43. The molecule has 6 heteroatoms. The Bertz CT molecular complexity index is 661. The molecule has 1 saturated heterocycles. The van der Waals surface area contributed by atoms with Crippen LogP contribution in [-0.2, 0) is 6.54 Å². The van der Waals surface area contributed by atoms with Gasteiger partial charge in [-0.15, -0.1) is 0 Å². The topological polar surface area (TPSA) is 75.4 Å². The number of likely N-dealkylation sites (tertiary alicyclic amines) is 1. The van der Waals surface area contributed by atoms with E-state index in [-0.39, 0.29) is 24.1 Å². The van der Waals surface area contributed by atoms with Gasteiger partial charge >= 0.3 is 0 Å². The van der Waals surface area contributed by atoms with Gasteiger partial charge in [-0.1, -0.05) is 0 Å². The number of nitrogens with one attached hydrogen (secondary N) is 1. The third-order valence-electron chi connectivity index (χ3n) is 3.64. The number of amides is 2. The van der Waals surface area contributed by atoms with E-state index in [2.05, 4.69) is 10.3 Å². The first kappa shape index (κ1) is 14.3. The average molecular weight is 299 g/mol. The van der Waals surface area contributed by atoms with Crippen molar-refractivity contribution in [1.29, 1.82) is 0 Å². The van der Waals surface area contributed by atoms with Gasteiger partial charge in [-0.2, -0.15) is 0 Å². The lowest BCUT2D eigenvalue weighted by atomic mass is 10.2.